The fourth-order valence-electron chi connectivity index (χ4n) is 1.33. The van der Waals surface area contributed by atoms with Crippen LogP contribution in [0.25, 0.3) is 0 Å². The molecule has 1 rings (SSSR count). The molecule has 0 aliphatic carbocycles. The molecule has 0 aliphatic heterocycles. The zero-order valence-electron chi connectivity index (χ0n) is 9.20. The van der Waals surface area contributed by atoms with Crippen LogP contribution in [0.2, 0.25) is 5.15 Å². The standard InChI is InChI=1S/C10H10ClNO5/c1-16-7(14)3-5-8(10(15)17-2)6(4-13)12-9(5)11/h4,12H,3H2,1-2H3. The van der Waals surface area contributed by atoms with E-state index in [0.29, 0.717) is 6.29 Å². The monoisotopic (exact) mass is 259 g/mol. The van der Waals surface area contributed by atoms with E-state index >= 15 is 0 Å². The maximum atomic E-state index is 11.5. The van der Waals surface area contributed by atoms with Crippen LogP contribution >= 0.6 is 11.6 Å². The Hall–Kier alpha value is -1.82. The number of carbonyl (C=O) groups is 3. The molecule has 1 aromatic rings. The molecule has 6 nitrogen and oxygen atoms in total. The average Bonchev–Trinajstić information content (AvgIpc) is 2.65. The number of H-pyrrole nitrogens is 1. The Labute approximate surface area is 102 Å². The maximum absolute atomic E-state index is 11.5. The summed E-state index contributed by atoms with van der Waals surface area (Å²) in [6, 6.07) is 0. The van der Waals surface area contributed by atoms with Crippen molar-refractivity contribution in [3.05, 3.63) is 22.0 Å². The van der Waals surface area contributed by atoms with Gasteiger partial charge < -0.3 is 14.5 Å². The topological polar surface area (TPSA) is 85.5 Å². The van der Waals surface area contributed by atoms with Gasteiger partial charge in [0.2, 0.25) is 0 Å². The zero-order chi connectivity index (χ0) is 13.0. The minimum atomic E-state index is -0.742. The van der Waals surface area contributed by atoms with Crippen LogP contribution in [0, 0.1) is 0 Å². The first-order valence-corrected chi connectivity index (χ1v) is 4.93. The Bertz CT molecular complexity index is 466. The molecule has 1 N–H and O–H groups in total. The summed E-state index contributed by atoms with van der Waals surface area (Å²) in [5, 5.41) is 0.0397. The van der Waals surface area contributed by atoms with Gasteiger partial charge in [0, 0.05) is 5.56 Å². The fourth-order valence-corrected chi connectivity index (χ4v) is 1.60. The predicted molar refractivity (Wildman–Crippen MR) is 58.2 cm³/mol. The van der Waals surface area contributed by atoms with Gasteiger partial charge in [-0.25, -0.2) is 4.79 Å². The molecule has 0 bridgehead atoms. The molecular formula is C10H10ClNO5. The van der Waals surface area contributed by atoms with Crippen molar-refractivity contribution >= 4 is 29.8 Å². The number of aromatic nitrogens is 1. The first-order valence-electron chi connectivity index (χ1n) is 4.55. The van der Waals surface area contributed by atoms with Crippen LogP contribution in [-0.4, -0.2) is 37.4 Å². The van der Waals surface area contributed by atoms with E-state index in [1.54, 1.807) is 0 Å². The number of hydrogen-bond donors (Lipinski definition) is 1. The van der Waals surface area contributed by atoms with Crippen LogP contribution in [0.5, 0.6) is 0 Å². The number of nitrogens with one attached hydrogen (secondary N) is 1. The van der Waals surface area contributed by atoms with Crippen molar-refractivity contribution in [2.45, 2.75) is 6.42 Å². The van der Waals surface area contributed by atoms with E-state index in [2.05, 4.69) is 14.5 Å². The number of hydrogen-bond acceptors (Lipinski definition) is 5. The third-order valence-corrected chi connectivity index (χ3v) is 2.46. The van der Waals surface area contributed by atoms with Gasteiger partial charge in [-0.05, 0) is 0 Å². The smallest absolute Gasteiger partial charge is 0.340 e. The molecule has 1 aromatic heterocycles. The Balaban J connectivity index is 3.26. The van der Waals surface area contributed by atoms with E-state index in [-0.39, 0.29) is 28.4 Å². The lowest BCUT2D eigenvalue weighted by Gasteiger charge is -2.02. The SMILES string of the molecule is COC(=O)Cc1c(Cl)[nH]c(C=O)c1C(=O)OC. The fraction of sp³-hybridized carbons (Fsp3) is 0.300. The maximum Gasteiger partial charge on any atom is 0.340 e. The van der Waals surface area contributed by atoms with E-state index in [9.17, 15) is 14.4 Å². The second-order valence-corrected chi connectivity index (χ2v) is 3.45. The third-order valence-electron chi connectivity index (χ3n) is 2.14. The number of carbonyl (C=O) groups excluding carboxylic acids is 3. The quantitative estimate of drug-likeness (QED) is 0.644. The number of esters is 2. The molecule has 0 saturated carbocycles. The molecule has 0 amide bonds. The number of ether oxygens (including phenoxy) is 2. The lowest BCUT2D eigenvalue weighted by atomic mass is 10.1. The van der Waals surface area contributed by atoms with Gasteiger partial charge in [0.05, 0.1) is 31.9 Å². The van der Waals surface area contributed by atoms with Crippen molar-refractivity contribution in [3.8, 4) is 0 Å². The summed E-state index contributed by atoms with van der Waals surface area (Å²) in [5.74, 6) is -1.32. The van der Waals surface area contributed by atoms with Crippen LogP contribution in [0.4, 0.5) is 0 Å². The van der Waals surface area contributed by atoms with E-state index in [0.717, 1.165) is 0 Å². The predicted octanol–water partition coefficient (Wildman–Crippen LogP) is 0.983. The highest BCUT2D eigenvalue weighted by Crippen LogP contribution is 2.24. The molecule has 0 unspecified atom stereocenters. The van der Waals surface area contributed by atoms with Crippen LogP contribution in [0.15, 0.2) is 0 Å². The normalized spacial score (nSPS) is 9.82. The summed E-state index contributed by atoms with van der Waals surface area (Å²) >= 11 is 5.80. The molecule has 1 heterocycles. The van der Waals surface area contributed by atoms with Gasteiger partial charge in [-0.3, -0.25) is 9.59 Å². The van der Waals surface area contributed by atoms with Crippen molar-refractivity contribution in [3.63, 3.8) is 0 Å². The Morgan fingerprint density at radius 1 is 1.35 bits per heavy atom. The van der Waals surface area contributed by atoms with Crippen molar-refractivity contribution in [2.75, 3.05) is 14.2 Å². The number of halogens is 1. The molecule has 92 valence electrons. The first-order chi connectivity index (χ1) is 8.04. The minimum absolute atomic E-state index is 0.0271. The molecule has 0 saturated heterocycles. The summed E-state index contributed by atoms with van der Waals surface area (Å²) in [4.78, 5) is 35.9. The van der Waals surface area contributed by atoms with Crippen LogP contribution in [-0.2, 0) is 20.7 Å². The molecule has 0 atom stereocenters. The highest BCUT2D eigenvalue weighted by molar-refractivity contribution is 6.31. The first kappa shape index (κ1) is 13.2. The average molecular weight is 260 g/mol. The lowest BCUT2D eigenvalue weighted by Crippen LogP contribution is -2.11. The summed E-state index contributed by atoms with van der Waals surface area (Å²) < 4.78 is 8.99. The van der Waals surface area contributed by atoms with Gasteiger partial charge in [-0.15, -0.1) is 0 Å². The second kappa shape index (κ2) is 5.49. The van der Waals surface area contributed by atoms with E-state index in [1.807, 2.05) is 0 Å². The molecular weight excluding hydrogens is 250 g/mol. The zero-order valence-corrected chi connectivity index (χ0v) is 9.96. The van der Waals surface area contributed by atoms with Gasteiger partial charge in [-0.2, -0.15) is 0 Å². The van der Waals surface area contributed by atoms with Crippen LogP contribution < -0.4 is 0 Å². The van der Waals surface area contributed by atoms with Gasteiger partial charge in [0.25, 0.3) is 0 Å². The largest absolute Gasteiger partial charge is 0.469 e. The van der Waals surface area contributed by atoms with Crippen LogP contribution in [0.3, 0.4) is 0 Å². The molecule has 17 heavy (non-hydrogen) atoms. The highest BCUT2D eigenvalue weighted by atomic mass is 35.5. The van der Waals surface area contributed by atoms with Gasteiger partial charge in [0.15, 0.2) is 6.29 Å². The lowest BCUT2D eigenvalue weighted by molar-refractivity contribution is -0.139. The van der Waals surface area contributed by atoms with Crippen LogP contribution in [0.1, 0.15) is 26.4 Å². The number of aromatic amines is 1. The van der Waals surface area contributed by atoms with E-state index in [1.165, 1.54) is 14.2 Å². The number of aldehydes is 1. The molecule has 0 fully saturated rings. The Morgan fingerprint density at radius 2 is 2.00 bits per heavy atom. The molecule has 7 heteroatoms. The van der Waals surface area contributed by atoms with Gasteiger partial charge in [0.1, 0.15) is 5.15 Å². The third kappa shape index (κ3) is 2.65. The number of rotatable bonds is 4. The highest BCUT2D eigenvalue weighted by Gasteiger charge is 2.24. The van der Waals surface area contributed by atoms with Crippen molar-refractivity contribution < 1.29 is 23.9 Å². The molecule has 0 radical (unpaired) electrons. The van der Waals surface area contributed by atoms with Gasteiger partial charge >= 0.3 is 11.9 Å². The van der Waals surface area contributed by atoms with E-state index < -0.39 is 11.9 Å². The van der Waals surface area contributed by atoms with Crippen molar-refractivity contribution in [2.24, 2.45) is 0 Å². The summed E-state index contributed by atoms with van der Waals surface area (Å²) in [5.41, 5.74) is 0.117. The summed E-state index contributed by atoms with van der Waals surface area (Å²) in [6.07, 6.45) is 0.211. The number of methoxy groups -OCH3 is 2. The summed E-state index contributed by atoms with van der Waals surface area (Å²) in [6.45, 7) is 0. The van der Waals surface area contributed by atoms with E-state index in [4.69, 9.17) is 11.6 Å². The molecule has 0 aromatic carbocycles. The van der Waals surface area contributed by atoms with Gasteiger partial charge in [-0.1, -0.05) is 11.6 Å². The molecule has 0 spiro atoms. The molecule has 0 aliphatic rings. The Morgan fingerprint density at radius 3 is 2.47 bits per heavy atom. The minimum Gasteiger partial charge on any atom is -0.469 e. The Kier molecular flexibility index (Phi) is 4.28. The second-order valence-electron chi connectivity index (χ2n) is 3.07. The van der Waals surface area contributed by atoms with Crippen molar-refractivity contribution in [1.29, 1.82) is 0 Å². The van der Waals surface area contributed by atoms with Crippen molar-refractivity contribution in [1.82, 2.24) is 4.98 Å². The summed E-state index contributed by atoms with van der Waals surface area (Å²) in [7, 11) is 2.38.